The Kier molecular flexibility index (Phi) is 7.68. The number of unbranched alkanes of at least 4 members (excludes halogenated alkanes) is 1. The van der Waals surface area contributed by atoms with Crippen molar-refractivity contribution in [2.75, 3.05) is 16.8 Å². The second-order valence-corrected chi connectivity index (χ2v) is 9.07. The van der Waals surface area contributed by atoms with Crippen molar-refractivity contribution in [3.05, 3.63) is 76.2 Å². The summed E-state index contributed by atoms with van der Waals surface area (Å²) in [7, 11) is 0. The Morgan fingerprint density at radius 1 is 1.12 bits per heavy atom. The van der Waals surface area contributed by atoms with Gasteiger partial charge in [-0.25, -0.2) is 4.98 Å². The molecule has 0 fully saturated rings. The summed E-state index contributed by atoms with van der Waals surface area (Å²) >= 11 is 6.17. The molecule has 1 N–H and O–H groups in total. The number of aryl methyl sites for hydroxylation is 2. The van der Waals surface area contributed by atoms with Crippen LogP contribution in [0.5, 0.6) is 0 Å². The minimum Gasteiger partial charge on any atom is -0.322 e. The number of carbonyl (C=O) groups is 2. The summed E-state index contributed by atoms with van der Waals surface area (Å²) < 4.78 is 1.98. The summed E-state index contributed by atoms with van der Waals surface area (Å²) in [4.78, 5) is 33.7. The fraction of sp³-hybridized carbons (Fsp3) is 0.370. The van der Waals surface area contributed by atoms with Crippen molar-refractivity contribution in [1.29, 1.82) is 0 Å². The molecule has 2 heterocycles. The molecule has 2 aromatic carbocycles. The first-order valence-corrected chi connectivity index (χ1v) is 12.5. The highest BCUT2D eigenvalue weighted by Crippen LogP contribution is 2.29. The van der Waals surface area contributed by atoms with Gasteiger partial charge in [-0.15, -0.1) is 0 Å². The van der Waals surface area contributed by atoms with E-state index >= 15 is 0 Å². The Bertz CT molecular complexity index is 1170. The third-order valence-corrected chi connectivity index (χ3v) is 6.44. The molecule has 2 amide bonds. The van der Waals surface area contributed by atoms with Crippen LogP contribution in [0.2, 0.25) is 5.02 Å². The van der Waals surface area contributed by atoms with Crippen molar-refractivity contribution in [3.8, 4) is 0 Å². The summed E-state index contributed by atoms with van der Waals surface area (Å²) in [5, 5.41) is 3.53. The number of carbonyl (C=O) groups excluding carboxylic acids is 2. The number of nitrogens with one attached hydrogen (secondary N) is 1. The van der Waals surface area contributed by atoms with Crippen molar-refractivity contribution in [1.82, 2.24) is 9.55 Å². The first kappa shape index (κ1) is 24.0. The zero-order valence-electron chi connectivity index (χ0n) is 19.8. The van der Waals surface area contributed by atoms with Crippen LogP contribution < -0.4 is 10.2 Å². The van der Waals surface area contributed by atoms with Crippen molar-refractivity contribution in [2.24, 2.45) is 0 Å². The fourth-order valence-corrected chi connectivity index (χ4v) is 4.48. The first-order chi connectivity index (χ1) is 16.5. The number of amides is 2. The molecule has 3 aromatic rings. The maximum Gasteiger partial charge on any atom is 0.276 e. The normalized spacial score (nSPS) is 12.8. The summed E-state index contributed by atoms with van der Waals surface area (Å²) in [6, 6.07) is 14.8. The molecule has 0 saturated heterocycles. The molecular weight excluding hydrogens is 448 g/mol. The number of aromatic nitrogens is 2. The standard InChI is InChI=1S/C27H31ClN4O2/c1-3-5-16-32(27(34)20-9-8-10-21(28)18-20)25-24(31-17-7-6-11-23(31)30-25)26(33)29-22-14-12-19(4-2)13-15-22/h8-10,12-15,18H,3-7,11,16-17H2,1-2H3,(H,29,33). The molecule has 1 aliphatic heterocycles. The molecular formula is C27H31ClN4O2. The number of halogens is 1. The van der Waals surface area contributed by atoms with E-state index in [1.807, 2.05) is 28.8 Å². The number of anilines is 2. The number of imidazole rings is 1. The zero-order chi connectivity index (χ0) is 24.1. The van der Waals surface area contributed by atoms with Gasteiger partial charge in [0.2, 0.25) is 0 Å². The van der Waals surface area contributed by atoms with Gasteiger partial charge in [0.1, 0.15) is 5.82 Å². The fourth-order valence-electron chi connectivity index (χ4n) is 4.29. The van der Waals surface area contributed by atoms with E-state index in [4.69, 9.17) is 16.6 Å². The molecule has 4 rings (SSSR count). The second-order valence-electron chi connectivity index (χ2n) is 8.63. The molecule has 178 valence electrons. The number of hydrogen-bond donors (Lipinski definition) is 1. The molecule has 0 bridgehead atoms. The van der Waals surface area contributed by atoms with Crippen molar-refractivity contribution in [3.63, 3.8) is 0 Å². The number of hydrogen-bond acceptors (Lipinski definition) is 3. The molecule has 0 spiro atoms. The Hall–Kier alpha value is -3.12. The van der Waals surface area contributed by atoms with Crippen molar-refractivity contribution < 1.29 is 9.59 Å². The monoisotopic (exact) mass is 478 g/mol. The van der Waals surface area contributed by atoms with Crippen LogP contribution in [0.1, 0.15) is 71.8 Å². The van der Waals surface area contributed by atoms with E-state index in [1.54, 1.807) is 29.2 Å². The average Bonchev–Trinajstić information content (AvgIpc) is 3.24. The van der Waals surface area contributed by atoms with Crippen LogP contribution in [0.25, 0.3) is 0 Å². The van der Waals surface area contributed by atoms with E-state index < -0.39 is 0 Å². The minimum absolute atomic E-state index is 0.201. The quantitative estimate of drug-likeness (QED) is 0.423. The van der Waals surface area contributed by atoms with Crippen LogP contribution in [0.4, 0.5) is 11.5 Å². The topological polar surface area (TPSA) is 67.2 Å². The molecule has 1 aliphatic rings. The molecule has 1 aromatic heterocycles. The maximum atomic E-state index is 13.6. The third-order valence-electron chi connectivity index (χ3n) is 6.20. The van der Waals surface area contributed by atoms with E-state index in [-0.39, 0.29) is 11.8 Å². The predicted octanol–water partition coefficient (Wildman–Crippen LogP) is 6.13. The molecule has 0 saturated carbocycles. The van der Waals surface area contributed by atoms with E-state index in [1.165, 1.54) is 5.56 Å². The summed E-state index contributed by atoms with van der Waals surface area (Å²) in [5.41, 5.74) is 2.86. The molecule has 0 aliphatic carbocycles. The first-order valence-electron chi connectivity index (χ1n) is 12.1. The maximum absolute atomic E-state index is 13.6. The predicted molar refractivity (Wildman–Crippen MR) is 137 cm³/mol. The van der Waals surface area contributed by atoms with Gasteiger partial charge >= 0.3 is 0 Å². The number of rotatable bonds is 8. The lowest BCUT2D eigenvalue weighted by atomic mass is 10.1. The van der Waals surface area contributed by atoms with Gasteiger partial charge in [-0.1, -0.05) is 50.1 Å². The highest BCUT2D eigenvalue weighted by molar-refractivity contribution is 6.31. The van der Waals surface area contributed by atoms with Crippen LogP contribution in [0.3, 0.4) is 0 Å². The van der Waals surface area contributed by atoms with Gasteiger partial charge in [-0.05, 0) is 61.6 Å². The lowest BCUT2D eigenvalue weighted by Gasteiger charge is -2.22. The molecule has 7 heteroatoms. The Morgan fingerprint density at radius 3 is 2.62 bits per heavy atom. The Labute approximate surface area is 205 Å². The van der Waals surface area contributed by atoms with Crippen LogP contribution in [0.15, 0.2) is 48.5 Å². The van der Waals surface area contributed by atoms with E-state index in [0.29, 0.717) is 35.2 Å². The molecule has 0 atom stereocenters. The zero-order valence-corrected chi connectivity index (χ0v) is 20.6. The van der Waals surface area contributed by atoms with Gasteiger partial charge in [0.05, 0.1) is 0 Å². The lowest BCUT2D eigenvalue weighted by Crippen LogP contribution is -2.34. The Morgan fingerprint density at radius 2 is 1.91 bits per heavy atom. The molecule has 6 nitrogen and oxygen atoms in total. The summed E-state index contributed by atoms with van der Waals surface area (Å²) in [6.45, 7) is 5.37. The van der Waals surface area contributed by atoms with Gasteiger partial charge in [0, 0.05) is 35.8 Å². The van der Waals surface area contributed by atoms with Crippen molar-refractivity contribution >= 4 is 34.9 Å². The lowest BCUT2D eigenvalue weighted by molar-refractivity contribution is 0.0985. The van der Waals surface area contributed by atoms with E-state index in [2.05, 4.69) is 19.2 Å². The number of nitrogens with zero attached hydrogens (tertiary/aromatic N) is 3. The van der Waals surface area contributed by atoms with Crippen LogP contribution in [0, 0.1) is 0 Å². The van der Waals surface area contributed by atoms with Gasteiger partial charge in [-0.3, -0.25) is 14.5 Å². The highest BCUT2D eigenvalue weighted by Gasteiger charge is 2.31. The smallest absolute Gasteiger partial charge is 0.276 e. The van der Waals surface area contributed by atoms with Gasteiger partial charge in [0.25, 0.3) is 11.8 Å². The van der Waals surface area contributed by atoms with Crippen LogP contribution in [-0.2, 0) is 19.4 Å². The number of fused-ring (bicyclic) bond motifs is 1. The average molecular weight is 479 g/mol. The van der Waals surface area contributed by atoms with Gasteiger partial charge in [-0.2, -0.15) is 0 Å². The van der Waals surface area contributed by atoms with E-state index in [9.17, 15) is 9.59 Å². The molecule has 0 unspecified atom stereocenters. The van der Waals surface area contributed by atoms with E-state index in [0.717, 1.165) is 50.0 Å². The Balaban J connectivity index is 1.74. The second kappa shape index (κ2) is 10.9. The largest absolute Gasteiger partial charge is 0.322 e. The number of benzene rings is 2. The van der Waals surface area contributed by atoms with Crippen molar-refractivity contribution in [2.45, 2.75) is 58.9 Å². The molecule has 34 heavy (non-hydrogen) atoms. The summed E-state index contributed by atoms with van der Waals surface area (Å²) in [6.07, 6.45) is 5.44. The van der Waals surface area contributed by atoms with Gasteiger partial charge in [0.15, 0.2) is 11.5 Å². The third kappa shape index (κ3) is 5.17. The SMILES string of the molecule is CCCCN(C(=O)c1cccc(Cl)c1)c1nc2n(c1C(=O)Nc1ccc(CC)cc1)CCCC2. The summed E-state index contributed by atoms with van der Waals surface area (Å²) in [5.74, 6) is 0.833. The highest BCUT2D eigenvalue weighted by atomic mass is 35.5. The van der Waals surface area contributed by atoms with Gasteiger partial charge < -0.3 is 9.88 Å². The molecule has 0 radical (unpaired) electrons. The minimum atomic E-state index is -0.250. The van der Waals surface area contributed by atoms with Crippen LogP contribution in [-0.4, -0.2) is 27.9 Å². The van der Waals surface area contributed by atoms with Crippen LogP contribution >= 0.6 is 11.6 Å².